The van der Waals surface area contributed by atoms with Gasteiger partial charge in [0.1, 0.15) is 0 Å². The predicted molar refractivity (Wildman–Crippen MR) is 89.9 cm³/mol. The Labute approximate surface area is 143 Å². The van der Waals surface area contributed by atoms with Crippen molar-refractivity contribution in [1.29, 1.82) is 0 Å². The van der Waals surface area contributed by atoms with E-state index in [-0.39, 0.29) is 12.0 Å². The number of rotatable bonds is 3. The maximum absolute atomic E-state index is 12.6. The first kappa shape index (κ1) is 16.1. The van der Waals surface area contributed by atoms with Crippen LogP contribution in [0, 0.1) is 11.8 Å². The number of carbonyl (C=O) groups is 1. The van der Waals surface area contributed by atoms with Crippen molar-refractivity contribution in [3.8, 4) is 0 Å². The normalized spacial score (nSPS) is 32.0. The summed E-state index contributed by atoms with van der Waals surface area (Å²) in [5, 5.41) is 0. The smallest absolute Gasteiger partial charge is 0.289 e. The molecule has 0 N–H and O–H groups in total. The molecular formula is C18H27N3O3. The Hall–Kier alpha value is -1.37. The zero-order valence-corrected chi connectivity index (χ0v) is 14.4. The van der Waals surface area contributed by atoms with Crippen molar-refractivity contribution in [1.82, 2.24) is 14.7 Å². The molecule has 4 rings (SSSR count). The van der Waals surface area contributed by atoms with E-state index in [0.717, 1.165) is 58.8 Å². The van der Waals surface area contributed by atoms with E-state index < -0.39 is 0 Å². The van der Waals surface area contributed by atoms with Crippen molar-refractivity contribution in [2.24, 2.45) is 11.8 Å². The van der Waals surface area contributed by atoms with Crippen molar-refractivity contribution in [2.75, 3.05) is 59.5 Å². The standard InChI is InChI=1S/C18H27N3O3/c1-19-6-8-20(9-7-19)12-17-15-11-21(5-4-14(15)13-24-17)18(22)16-3-2-10-23-16/h2-3,10,14-15,17H,4-9,11-13H2,1H3/t14-,15-,17+/m1/s1. The van der Waals surface area contributed by atoms with E-state index in [0.29, 0.717) is 17.6 Å². The average Bonchev–Trinajstić information content (AvgIpc) is 3.26. The number of piperidine rings is 1. The molecule has 0 bridgehead atoms. The topological polar surface area (TPSA) is 49.2 Å². The molecule has 0 aliphatic carbocycles. The molecule has 6 nitrogen and oxygen atoms in total. The highest BCUT2D eigenvalue weighted by Gasteiger charge is 2.43. The number of furan rings is 1. The molecule has 0 saturated carbocycles. The van der Waals surface area contributed by atoms with E-state index in [4.69, 9.17) is 9.15 Å². The first-order valence-electron chi connectivity index (χ1n) is 9.06. The van der Waals surface area contributed by atoms with Gasteiger partial charge in [-0.05, 0) is 31.5 Å². The Bertz CT molecular complexity index is 554. The zero-order chi connectivity index (χ0) is 16.5. The van der Waals surface area contributed by atoms with Crippen molar-refractivity contribution < 1.29 is 13.9 Å². The highest BCUT2D eigenvalue weighted by molar-refractivity contribution is 5.91. The number of likely N-dealkylation sites (N-methyl/N-ethyl adjacent to an activating group) is 1. The molecule has 1 aromatic rings. The predicted octanol–water partition coefficient (Wildman–Crippen LogP) is 1.00. The minimum Gasteiger partial charge on any atom is -0.459 e. The van der Waals surface area contributed by atoms with Crippen LogP contribution in [0.25, 0.3) is 0 Å². The monoisotopic (exact) mass is 333 g/mol. The molecule has 0 spiro atoms. The second-order valence-corrected chi connectivity index (χ2v) is 7.42. The molecule has 3 fully saturated rings. The second kappa shape index (κ2) is 6.86. The molecule has 3 saturated heterocycles. The van der Waals surface area contributed by atoms with Crippen molar-refractivity contribution >= 4 is 5.91 Å². The van der Waals surface area contributed by atoms with Gasteiger partial charge >= 0.3 is 0 Å². The summed E-state index contributed by atoms with van der Waals surface area (Å²) in [4.78, 5) is 19.4. The van der Waals surface area contributed by atoms with Crippen LogP contribution in [0.5, 0.6) is 0 Å². The third-order valence-electron chi connectivity index (χ3n) is 5.86. The number of amides is 1. The molecule has 24 heavy (non-hydrogen) atoms. The SMILES string of the molecule is CN1CCN(C[C@@H]2OC[C@H]3CCN(C(=O)c4ccco4)C[C@H]32)CC1. The number of fused-ring (bicyclic) bond motifs is 1. The molecule has 3 atom stereocenters. The lowest BCUT2D eigenvalue weighted by atomic mass is 9.84. The third kappa shape index (κ3) is 3.23. The molecule has 0 radical (unpaired) electrons. The first-order valence-corrected chi connectivity index (χ1v) is 9.06. The maximum atomic E-state index is 12.6. The van der Waals surface area contributed by atoms with Crippen LogP contribution < -0.4 is 0 Å². The van der Waals surface area contributed by atoms with Crippen molar-refractivity contribution in [3.63, 3.8) is 0 Å². The fourth-order valence-electron chi connectivity index (χ4n) is 4.24. The van der Waals surface area contributed by atoms with Gasteiger partial charge in [-0.25, -0.2) is 0 Å². The number of hydrogen-bond acceptors (Lipinski definition) is 5. The molecule has 132 valence electrons. The molecule has 4 heterocycles. The summed E-state index contributed by atoms with van der Waals surface area (Å²) in [7, 11) is 2.18. The van der Waals surface area contributed by atoms with Crippen LogP contribution in [0.3, 0.4) is 0 Å². The van der Waals surface area contributed by atoms with Gasteiger partial charge in [0.2, 0.25) is 0 Å². The van der Waals surface area contributed by atoms with Crippen LogP contribution >= 0.6 is 0 Å². The highest BCUT2D eigenvalue weighted by Crippen LogP contribution is 2.35. The first-order chi connectivity index (χ1) is 11.7. The second-order valence-electron chi connectivity index (χ2n) is 7.42. The summed E-state index contributed by atoms with van der Waals surface area (Å²) >= 11 is 0. The van der Waals surface area contributed by atoms with E-state index in [1.165, 1.54) is 0 Å². The van der Waals surface area contributed by atoms with Crippen molar-refractivity contribution in [2.45, 2.75) is 12.5 Å². The number of piperazine rings is 1. The maximum Gasteiger partial charge on any atom is 0.289 e. The Morgan fingerprint density at radius 3 is 2.83 bits per heavy atom. The van der Waals surface area contributed by atoms with Gasteiger partial charge in [-0.2, -0.15) is 0 Å². The summed E-state index contributed by atoms with van der Waals surface area (Å²) < 4.78 is 11.4. The molecule has 0 aromatic carbocycles. The number of ether oxygens (including phenoxy) is 1. The van der Waals surface area contributed by atoms with Gasteiger partial charge in [-0.15, -0.1) is 0 Å². The fraction of sp³-hybridized carbons (Fsp3) is 0.722. The van der Waals surface area contributed by atoms with E-state index in [1.54, 1.807) is 18.4 Å². The van der Waals surface area contributed by atoms with E-state index in [2.05, 4.69) is 16.8 Å². The highest BCUT2D eigenvalue weighted by atomic mass is 16.5. The molecule has 3 aliphatic heterocycles. The lowest BCUT2D eigenvalue weighted by molar-refractivity contribution is 0.0284. The number of carbonyl (C=O) groups excluding carboxylic acids is 1. The van der Waals surface area contributed by atoms with Crippen LogP contribution in [-0.4, -0.2) is 86.2 Å². The minimum atomic E-state index is 0.0173. The lowest BCUT2D eigenvalue weighted by Gasteiger charge is -2.38. The number of hydrogen-bond donors (Lipinski definition) is 0. The Kier molecular flexibility index (Phi) is 4.61. The summed E-state index contributed by atoms with van der Waals surface area (Å²) in [6.07, 6.45) is 2.86. The van der Waals surface area contributed by atoms with E-state index in [1.807, 2.05) is 4.90 Å². The molecule has 1 aromatic heterocycles. The van der Waals surface area contributed by atoms with E-state index in [9.17, 15) is 4.79 Å². The Morgan fingerprint density at radius 2 is 2.08 bits per heavy atom. The third-order valence-corrected chi connectivity index (χ3v) is 5.86. The number of nitrogens with zero attached hydrogens (tertiary/aromatic N) is 3. The lowest BCUT2D eigenvalue weighted by Crippen LogP contribution is -2.50. The van der Waals surface area contributed by atoms with Crippen molar-refractivity contribution in [3.05, 3.63) is 24.2 Å². The van der Waals surface area contributed by atoms with Gasteiger partial charge in [0.15, 0.2) is 5.76 Å². The van der Waals surface area contributed by atoms with Crippen LogP contribution in [-0.2, 0) is 4.74 Å². The van der Waals surface area contributed by atoms with Gasteiger partial charge in [-0.1, -0.05) is 0 Å². The Balaban J connectivity index is 1.37. The summed E-state index contributed by atoms with van der Waals surface area (Å²) in [6.45, 7) is 7.94. The minimum absolute atomic E-state index is 0.0173. The zero-order valence-electron chi connectivity index (χ0n) is 14.4. The average molecular weight is 333 g/mol. The molecule has 6 heteroatoms. The molecule has 3 aliphatic rings. The summed E-state index contributed by atoms with van der Waals surface area (Å²) in [5.74, 6) is 1.52. The van der Waals surface area contributed by atoms with Gasteiger partial charge in [0.05, 0.1) is 19.0 Å². The fourth-order valence-corrected chi connectivity index (χ4v) is 4.24. The van der Waals surface area contributed by atoms with Crippen LogP contribution in [0.2, 0.25) is 0 Å². The number of likely N-dealkylation sites (tertiary alicyclic amines) is 1. The molecule has 0 unspecified atom stereocenters. The van der Waals surface area contributed by atoms with Gasteiger partial charge < -0.3 is 19.0 Å². The quantitative estimate of drug-likeness (QED) is 0.826. The molecule has 1 amide bonds. The van der Waals surface area contributed by atoms with Crippen LogP contribution in [0.4, 0.5) is 0 Å². The largest absolute Gasteiger partial charge is 0.459 e. The summed E-state index contributed by atoms with van der Waals surface area (Å²) in [5.41, 5.74) is 0. The van der Waals surface area contributed by atoms with Crippen LogP contribution in [0.15, 0.2) is 22.8 Å². The van der Waals surface area contributed by atoms with Crippen LogP contribution in [0.1, 0.15) is 17.0 Å². The van der Waals surface area contributed by atoms with Gasteiger partial charge in [0.25, 0.3) is 5.91 Å². The Morgan fingerprint density at radius 1 is 1.25 bits per heavy atom. The molecular weight excluding hydrogens is 306 g/mol. The van der Waals surface area contributed by atoms with E-state index >= 15 is 0 Å². The van der Waals surface area contributed by atoms with Gasteiger partial charge in [0, 0.05) is 51.7 Å². The van der Waals surface area contributed by atoms with Gasteiger partial charge in [-0.3, -0.25) is 9.69 Å². The summed E-state index contributed by atoms with van der Waals surface area (Å²) in [6, 6.07) is 3.52.